The zero-order valence-electron chi connectivity index (χ0n) is 16.4. The Labute approximate surface area is 195 Å². The largest absolute Gasteiger partial charge is 0.391 e. The van der Waals surface area contributed by atoms with Crippen LogP contribution in [0.3, 0.4) is 0 Å². The lowest BCUT2D eigenvalue weighted by atomic mass is 9.85. The maximum Gasteiger partial charge on any atom is 0.391 e. The zero-order valence-corrected chi connectivity index (χ0v) is 19.5. The average Bonchev–Trinajstić information content (AvgIpc) is 3.16. The molecule has 166 valence electrons. The van der Waals surface area contributed by atoms with Crippen molar-refractivity contribution in [1.29, 1.82) is 0 Å². The van der Waals surface area contributed by atoms with Crippen molar-refractivity contribution in [2.75, 3.05) is 13.6 Å². The summed E-state index contributed by atoms with van der Waals surface area (Å²) in [6.07, 6.45) is -2.19. The number of benzene rings is 1. The third-order valence-electron chi connectivity index (χ3n) is 4.88. The summed E-state index contributed by atoms with van der Waals surface area (Å²) < 4.78 is 44.1. The molecule has 0 amide bonds. The number of hydrogen-bond acceptors (Lipinski definition) is 4. The first kappa shape index (κ1) is 24.7. The highest BCUT2D eigenvalue weighted by Crippen LogP contribution is 2.37. The minimum Gasteiger partial charge on any atom is -0.356 e. The lowest BCUT2D eigenvalue weighted by molar-refractivity contribution is -0.183. The number of aliphatic imine (C=N–C) groups is 1. The van der Waals surface area contributed by atoms with E-state index in [1.165, 1.54) is 0 Å². The molecular formula is C19H24ClF3IN5O. The summed E-state index contributed by atoms with van der Waals surface area (Å²) in [5, 5.41) is 10.7. The van der Waals surface area contributed by atoms with Crippen LogP contribution in [-0.4, -0.2) is 41.9 Å². The Balaban J connectivity index is 0.00000320. The summed E-state index contributed by atoms with van der Waals surface area (Å²) in [5.41, 5.74) is 0.759. The lowest BCUT2D eigenvalue weighted by Crippen LogP contribution is -2.47. The molecule has 6 nitrogen and oxygen atoms in total. The van der Waals surface area contributed by atoms with E-state index in [1.54, 1.807) is 25.2 Å². The van der Waals surface area contributed by atoms with E-state index in [2.05, 4.69) is 25.8 Å². The Kier molecular flexibility index (Phi) is 9.20. The molecular weight excluding hydrogens is 534 g/mol. The van der Waals surface area contributed by atoms with Crippen LogP contribution < -0.4 is 10.6 Å². The standard InChI is InChI=1S/C19H23ClF3N5O.HI/c1-24-18(26-15-7-3-5-13(11-15)19(21,22)23)25-9-8-16-27-17(28-29-16)12-4-2-6-14(20)10-12;/h2,4,6,10,13,15H,3,5,7-9,11H2,1H3,(H2,24,25,26);1H. The molecule has 1 heterocycles. The summed E-state index contributed by atoms with van der Waals surface area (Å²) in [7, 11) is 1.59. The summed E-state index contributed by atoms with van der Waals surface area (Å²) in [6, 6.07) is 6.90. The van der Waals surface area contributed by atoms with Gasteiger partial charge in [-0.15, -0.1) is 24.0 Å². The number of aromatic nitrogens is 2. The van der Waals surface area contributed by atoms with Gasteiger partial charge in [-0.25, -0.2) is 0 Å². The lowest BCUT2D eigenvalue weighted by Gasteiger charge is -2.31. The smallest absolute Gasteiger partial charge is 0.356 e. The molecule has 2 unspecified atom stereocenters. The van der Waals surface area contributed by atoms with Crippen LogP contribution in [0.4, 0.5) is 13.2 Å². The van der Waals surface area contributed by atoms with Gasteiger partial charge in [0.25, 0.3) is 0 Å². The van der Waals surface area contributed by atoms with Gasteiger partial charge in [-0.2, -0.15) is 18.2 Å². The third-order valence-corrected chi connectivity index (χ3v) is 5.12. The molecule has 0 bridgehead atoms. The molecule has 2 N–H and O–H groups in total. The van der Waals surface area contributed by atoms with Gasteiger partial charge in [-0.1, -0.05) is 35.3 Å². The number of hydrogen-bond donors (Lipinski definition) is 2. The van der Waals surface area contributed by atoms with Crippen LogP contribution in [0.1, 0.15) is 31.6 Å². The van der Waals surface area contributed by atoms with Gasteiger partial charge in [0.2, 0.25) is 11.7 Å². The molecule has 0 saturated heterocycles. The van der Waals surface area contributed by atoms with E-state index in [0.717, 1.165) is 5.56 Å². The Morgan fingerprint density at radius 1 is 1.33 bits per heavy atom. The van der Waals surface area contributed by atoms with Crippen molar-refractivity contribution in [3.05, 3.63) is 35.2 Å². The van der Waals surface area contributed by atoms with Crippen LogP contribution in [0.15, 0.2) is 33.8 Å². The van der Waals surface area contributed by atoms with Crippen LogP contribution in [0.2, 0.25) is 5.02 Å². The SMILES string of the molecule is CN=C(NCCc1nc(-c2cccc(Cl)c2)no1)NC1CCCC(C(F)(F)F)C1.I. The maximum atomic E-state index is 13.0. The first-order valence-electron chi connectivity index (χ1n) is 9.47. The van der Waals surface area contributed by atoms with Crippen molar-refractivity contribution in [2.45, 2.75) is 44.3 Å². The van der Waals surface area contributed by atoms with Gasteiger partial charge in [0.1, 0.15) is 0 Å². The Hall–Kier alpha value is -1.56. The molecule has 0 aliphatic heterocycles. The average molecular weight is 558 g/mol. The van der Waals surface area contributed by atoms with Gasteiger partial charge in [-0.05, 0) is 31.4 Å². The molecule has 3 rings (SSSR count). The molecule has 1 aliphatic rings. The van der Waals surface area contributed by atoms with Gasteiger partial charge in [-0.3, -0.25) is 4.99 Å². The Bertz CT molecular complexity index is 846. The predicted molar refractivity (Wildman–Crippen MR) is 120 cm³/mol. The number of nitrogens with zero attached hydrogens (tertiary/aromatic N) is 3. The molecule has 0 spiro atoms. The maximum absolute atomic E-state index is 13.0. The first-order chi connectivity index (χ1) is 13.8. The van der Waals surface area contributed by atoms with Gasteiger partial charge < -0.3 is 15.2 Å². The van der Waals surface area contributed by atoms with Gasteiger partial charge in [0.15, 0.2) is 5.96 Å². The molecule has 1 aromatic carbocycles. The van der Waals surface area contributed by atoms with E-state index in [-0.39, 0.29) is 42.9 Å². The summed E-state index contributed by atoms with van der Waals surface area (Å²) >= 11 is 5.97. The normalized spacial score (nSPS) is 19.8. The van der Waals surface area contributed by atoms with Crippen LogP contribution in [0.5, 0.6) is 0 Å². The van der Waals surface area contributed by atoms with E-state index < -0.39 is 12.1 Å². The fourth-order valence-electron chi connectivity index (χ4n) is 3.40. The minimum atomic E-state index is -4.14. The summed E-state index contributed by atoms with van der Waals surface area (Å²) in [5.74, 6) is 0.103. The second kappa shape index (κ2) is 11.2. The fourth-order valence-corrected chi connectivity index (χ4v) is 3.59. The highest BCUT2D eigenvalue weighted by Gasteiger charge is 2.42. The first-order valence-corrected chi connectivity index (χ1v) is 9.85. The van der Waals surface area contributed by atoms with E-state index in [4.69, 9.17) is 16.1 Å². The summed E-state index contributed by atoms with van der Waals surface area (Å²) in [6.45, 7) is 0.451. The van der Waals surface area contributed by atoms with Crippen LogP contribution in [0, 0.1) is 5.92 Å². The van der Waals surface area contributed by atoms with Crippen molar-refractivity contribution in [3.8, 4) is 11.4 Å². The van der Waals surface area contributed by atoms with Crippen molar-refractivity contribution in [2.24, 2.45) is 10.9 Å². The number of halogens is 5. The molecule has 11 heteroatoms. The predicted octanol–water partition coefficient (Wildman–Crippen LogP) is 4.84. The number of guanidine groups is 1. The molecule has 30 heavy (non-hydrogen) atoms. The Morgan fingerprint density at radius 2 is 2.13 bits per heavy atom. The highest BCUT2D eigenvalue weighted by atomic mass is 127. The van der Waals surface area contributed by atoms with Gasteiger partial charge in [0, 0.05) is 36.6 Å². The van der Waals surface area contributed by atoms with Gasteiger partial charge >= 0.3 is 6.18 Å². The van der Waals surface area contributed by atoms with Crippen LogP contribution in [-0.2, 0) is 6.42 Å². The van der Waals surface area contributed by atoms with Crippen LogP contribution in [0.25, 0.3) is 11.4 Å². The van der Waals surface area contributed by atoms with Gasteiger partial charge in [0.05, 0.1) is 5.92 Å². The number of rotatable bonds is 5. The molecule has 1 saturated carbocycles. The number of nitrogens with one attached hydrogen (secondary N) is 2. The third kappa shape index (κ3) is 7.00. The monoisotopic (exact) mass is 557 g/mol. The molecule has 1 aromatic heterocycles. The summed E-state index contributed by atoms with van der Waals surface area (Å²) in [4.78, 5) is 8.43. The van der Waals surface area contributed by atoms with E-state index in [9.17, 15) is 13.2 Å². The van der Waals surface area contributed by atoms with E-state index in [1.807, 2.05) is 6.07 Å². The topological polar surface area (TPSA) is 75.3 Å². The number of alkyl halides is 3. The highest BCUT2D eigenvalue weighted by molar-refractivity contribution is 14.0. The van der Waals surface area contributed by atoms with Crippen LogP contribution >= 0.6 is 35.6 Å². The zero-order chi connectivity index (χ0) is 20.9. The van der Waals surface area contributed by atoms with Crippen molar-refractivity contribution in [1.82, 2.24) is 20.8 Å². The second-order valence-electron chi connectivity index (χ2n) is 7.02. The Morgan fingerprint density at radius 3 is 2.83 bits per heavy atom. The van der Waals surface area contributed by atoms with E-state index >= 15 is 0 Å². The molecule has 1 aliphatic carbocycles. The van der Waals surface area contributed by atoms with Crippen molar-refractivity contribution < 1.29 is 17.7 Å². The molecule has 2 aromatic rings. The minimum absolute atomic E-state index is 0. The van der Waals surface area contributed by atoms with E-state index in [0.29, 0.717) is 48.5 Å². The van der Waals surface area contributed by atoms with Crippen molar-refractivity contribution >= 4 is 41.5 Å². The van der Waals surface area contributed by atoms with Crippen molar-refractivity contribution in [3.63, 3.8) is 0 Å². The molecule has 2 atom stereocenters. The second-order valence-corrected chi connectivity index (χ2v) is 7.45. The molecule has 0 radical (unpaired) electrons. The fraction of sp³-hybridized carbons (Fsp3) is 0.526. The molecule has 1 fully saturated rings. The quantitative estimate of drug-likeness (QED) is 0.313.